The Balaban J connectivity index is 1.26. The van der Waals surface area contributed by atoms with E-state index in [0.717, 1.165) is 12.2 Å². The second-order valence-electron chi connectivity index (χ2n) is 6.22. The summed E-state index contributed by atoms with van der Waals surface area (Å²) in [5.41, 5.74) is 7.92. The third-order valence-electron chi connectivity index (χ3n) is 4.35. The molecule has 1 fully saturated rings. The van der Waals surface area contributed by atoms with Crippen LogP contribution in [0.25, 0.3) is 0 Å². The molecular weight excluding hydrogens is 316 g/mol. The van der Waals surface area contributed by atoms with Gasteiger partial charge >= 0.3 is 0 Å². The molecule has 2 aromatic carbocycles. The zero-order chi connectivity index (χ0) is 17.1. The van der Waals surface area contributed by atoms with Crippen LogP contribution >= 0.6 is 0 Å². The number of hydrogen-bond acceptors (Lipinski definition) is 6. The van der Waals surface area contributed by atoms with Gasteiger partial charge in [-0.1, -0.05) is 42.5 Å². The number of aromatic nitrogens is 2. The standard InChI is InChI=1S/C19H20N4O2/c20-19-22-18(25-23-19)11-21-17-10-16(17)14-6-8-15(9-7-14)24-12-13-4-2-1-3-5-13/h1-9,16-17,21H,10-12H2,(H2,20,23). The van der Waals surface area contributed by atoms with E-state index in [0.29, 0.717) is 31.0 Å². The molecule has 1 aromatic heterocycles. The topological polar surface area (TPSA) is 86.2 Å². The second-order valence-corrected chi connectivity index (χ2v) is 6.22. The number of hydrogen-bond donors (Lipinski definition) is 2. The van der Waals surface area contributed by atoms with Crippen LogP contribution in [0.2, 0.25) is 0 Å². The Morgan fingerprint density at radius 2 is 1.92 bits per heavy atom. The molecule has 6 nitrogen and oxygen atoms in total. The summed E-state index contributed by atoms with van der Waals surface area (Å²) in [5, 5.41) is 6.99. The molecule has 1 aliphatic carbocycles. The van der Waals surface area contributed by atoms with E-state index in [4.69, 9.17) is 15.0 Å². The van der Waals surface area contributed by atoms with Crippen LogP contribution in [0.15, 0.2) is 59.1 Å². The predicted molar refractivity (Wildman–Crippen MR) is 93.9 cm³/mol. The van der Waals surface area contributed by atoms with Gasteiger partial charge in [0.05, 0.1) is 6.54 Å². The van der Waals surface area contributed by atoms with E-state index in [9.17, 15) is 0 Å². The van der Waals surface area contributed by atoms with Crippen LogP contribution < -0.4 is 15.8 Å². The average molecular weight is 336 g/mol. The second kappa shape index (κ2) is 6.94. The fourth-order valence-corrected chi connectivity index (χ4v) is 2.90. The van der Waals surface area contributed by atoms with E-state index in [1.54, 1.807) is 0 Å². The van der Waals surface area contributed by atoms with E-state index >= 15 is 0 Å². The van der Waals surface area contributed by atoms with Crippen LogP contribution in [0.1, 0.15) is 29.4 Å². The van der Waals surface area contributed by atoms with Crippen molar-refractivity contribution in [2.75, 3.05) is 5.73 Å². The summed E-state index contributed by atoms with van der Waals surface area (Å²) in [6.45, 7) is 1.13. The maximum Gasteiger partial charge on any atom is 0.260 e. The normalized spacial score (nSPS) is 18.9. The SMILES string of the molecule is Nc1noc(CNC2CC2c2ccc(OCc3ccccc3)cc2)n1. The molecule has 2 unspecified atom stereocenters. The first-order valence-corrected chi connectivity index (χ1v) is 8.36. The van der Waals surface area contributed by atoms with Gasteiger partial charge in [0.15, 0.2) is 0 Å². The summed E-state index contributed by atoms with van der Waals surface area (Å²) >= 11 is 0. The van der Waals surface area contributed by atoms with Crippen molar-refractivity contribution in [1.29, 1.82) is 0 Å². The van der Waals surface area contributed by atoms with Gasteiger partial charge in [-0.2, -0.15) is 4.98 Å². The largest absolute Gasteiger partial charge is 0.489 e. The summed E-state index contributed by atoms with van der Waals surface area (Å²) in [6.07, 6.45) is 1.10. The van der Waals surface area contributed by atoms with Crippen LogP contribution in [0.3, 0.4) is 0 Å². The van der Waals surface area contributed by atoms with Crippen LogP contribution in [0, 0.1) is 0 Å². The summed E-state index contributed by atoms with van der Waals surface area (Å²) in [7, 11) is 0. The van der Waals surface area contributed by atoms with E-state index in [-0.39, 0.29) is 5.95 Å². The number of nitrogens with one attached hydrogen (secondary N) is 1. The third kappa shape index (κ3) is 3.97. The lowest BCUT2D eigenvalue weighted by Gasteiger charge is -2.07. The number of nitrogen functional groups attached to an aromatic ring is 1. The monoisotopic (exact) mass is 336 g/mol. The van der Waals surface area contributed by atoms with Gasteiger partial charge in [0.1, 0.15) is 12.4 Å². The molecule has 25 heavy (non-hydrogen) atoms. The Labute approximate surface area is 146 Å². The Morgan fingerprint density at radius 1 is 1.12 bits per heavy atom. The lowest BCUT2D eigenvalue weighted by atomic mass is 10.1. The van der Waals surface area contributed by atoms with Crippen LogP contribution in [0.4, 0.5) is 5.95 Å². The molecule has 3 aromatic rings. The molecule has 1 heterocycles. The lowest BCUT2D eigenvalue weighted by molar-refractivity contribution is 0.306. The van der Waals surface area contributed by atoms with Gasteiger partial charge in [0.25, 0.3) is 5.95 Å². The molecule has 128 valence electrons. The minimum atomic E-state index is 0.176. The molecule has 0 radical (unpaired) electrons. The van der Waals surface area contributed by atoms with Gasteiger partial charge in [-0.25, -0.2) is 0 Å². The van der Waals surface area contributed by atoms with Gasteiger partial charge in [-0.15, -0.1) is 0 Å². The van der Waals surface area contributed by atoms with E-state index in [2.05, 4.69) is 39.7 Å². The van der Waals surface area contributed by atoms with Crippen molar-refractivity contribution >= 4 is 5.95 Å². The molecule has 0 saturated heterocycles. The fraction of sp³-hybridized carbons (Fsp3) is 0.263. The predicted octanol–water partition coefficient (Wildman–Crippen LogP) is 2.88. The van der Waals surface area contributed by atoms with Gasteiger partial charge in [-0.05, 0) is 34.8 Å². The van der Waals surface area contributed by atoms with Gasteiger partial charge < -0.3 is 20.3 Å². The highest BCUT2D eigenvalue weighted by Crippen LogP contribution is 2.41. The maximum absolute atomic E-state index is 5.83. The van der Waals surface area contributed by atoms with E-state index < -0.39 is 0 Å². The average Bonchev–Trinajstić information content (AvgIpc) is 3.32. The number of ether oxygens (including phenoxy) is 1. The van der Waals surface area contributed by atoms with E-state index in [1.807, 2.05) is 30.3 Å². The first-order valence-electron chi connectivity index (χ1n) is 8.36. The Kier molecular flexibility index (Phi) is 4.35. The fourth-order valence-electron chi connectivity index (χ4n) is 2.90. The molecule has 3 N–H and O–H groups in total. The Hall–Kier alpha value is -2.86. The highest BCUT2D eigenvalue weighted by Gasteiger charge is 2.38. The molecule has 0 amide bonds. The summed E-state index contributed by atoms with van der Waals surface area (Å²) in [6, 6.07) is 18.9. The highest BCUT2D eigenvalue weighted by molar-refractivity contribution is 5.34. The summed E-state index contributed by atoms with van der Waals surface area (Å²) in [5.74, 6) is 2.10. The van der Waals surface area contributed by atoms with Gasteiger partial charge in [-0.3, -0.25) is 0 Å². The number of rotatable bonds is 7. The number of benzene rings is 2. The Bertz CT molecular complexity index is 817. The van der Waals surface area contributed by atoms with Crippen molar-refractivity contribution in [3.8, 4) is 5.75 Å². The van der Waals surface area contributed by atoms with Crippen molar-refractivity contribution in [3.05, 3.63) is 71.6 Å². The molecule has 2 atom stereocenters. The van der Waals surface area contributed by atoms with Crippen molar-refractivity contribution in [2.24, 2.45) is 0 Å². The first kappa shape index (κ1) is 15.7. The Morgan fingerprint density at radius 3 is 2.64 bits per heavy atom. The molecule has 0 spiro atoms. The van der Waals surface area contributed by atoms with Crippen molar-refractivity contribution in [1.82, 2.24) is 15.5 Å². The maximum atomic E-state index is 5.83. The van der Waals surface area contributed by atoms with Crippen molar-refractivity contribution in [2.45, 2.75) is 31.5 Å². The van der Waals surface area contributed by atoms with Crippen molar-refractivity contribution < 1.29 is 9.26 Å². The van der Waals surface area contributed by atoms with Gasteiger partial charge in [0.2, 0.25) is 5.89 Å². The number of anilines is 1. The molecule has 1 saturated carbocycles. The molecule has 0 bridgehead atoms. The van der Waals surface area contributed by atoms with E-state index in [1.165, 1.54) is 11.1 Å². The summed E-state index contributed by atoms with van der Waals surface area (Å²) in [4.78, 5) is 3.99. The molecule has 4 rings (SSSR count). The molecule has 0 aliphatic heterocycles. The lowest BCUT2D eigenvalue weighted by Crippen LogP contribution is -2.17. The third-order valence-corrected chi connectivity index (χ3v) is 4.35. The van der Waals surface area contributed by atoms with Crippen LogP contribution in [-0.4, -0.2) is 16.2 Å². The van der Waals surface area contributed by atoms with Crippen molar-refractivity contribution in [3.63, 3.8) is 0 Å². The summed E-state index contributed by atoms with van der Waals surface area (Å²) < 4.78 is 10.8. The van der Waals surface area contributed by atoms with Crippen LogP contribution in [0.5, 0.6) is 5.75 Å². The zero-order valence-electron chi connectivity index (χ0n) is 13.8. The quantitative estimate of drug-likeness (QED) is 0.690. The zero-order valence-corrected chi connectivity index (χ0v) is 13.8. The molecule has 1 aliphatic rings. The van der Waals surface area contributed by atoms with Crippen LogP contribution in [-0.2, 0) is 13.2 Å². The molecular formula is C19H20N4O2. The smallest absolute Gasteiger partial charge is 0.260 e. The minimum absolute atomic E-state index is 0.176. The number of nitrogens with two attached hydrogens (primary N) is 1. The molecule has 6 heteroatoms. The first-order chi connectivity index (χ1) is 12.3. The number of nitrogens with zero attached hydrogens (tertiary/aromatic N) is 2. The minimum Gasteiger partial charge on any atom is -0.489 e. The highest BCUT2D eigenvalue weighted by atomic mass is 16.5. The van der Waals surface area contributed by atoms with Gasteiger partial charge in [0, 0.05) is 12.0 Å².